The number of phenolic OH excluding ortho intramolecular Hbond substituents is 1. The molecule has 0 fully saturated rings. The average Bonchev–Trinajstić information content (AvgIpc) is 2.71. The van der Waals surface area contributed by atoms with E-state index in [2.05, 4.69) is 33.1 Å². The van der Waals surface area contributed by atoms with Crippen LogP contribution in [0.4, 0.5) is 0 Å². The molecule has 0 saturated carbocycles. The van der Waals surface area contributed by atoms with Gasteiger partial charge in [0.25, 0.3) is 5.91 Å². The predicted octanol–water partition coefficient (Wildman–Crippen LogP) is 5.78. The van der Waals surface area contributed by atoms with Gasteiger partial charge in [0.2, 0.25) is 0 Å². The molecule has 1 aromatic rings. The van der Waals surface area contributed by atoms with Gasteiger partial charge in [-0.15, -0.1) is 0 Å². The van der Waals surface area contributed by atoms with Crippen molar-refractivity contribution in [1.29, 1.82) is 0 Å². The van der Waals surface area contributed by atoms with E-state index < -0.39 is 0 Å². The van der Waals surface area contributed by atoms with Crippen LogP contribution < -0.4 is 10.2 Å². The van der Waals surface area contributed by atoms with Gasteiger partial charge >= 0.3 is 0 Å². The standard InChI is InChI=1S/C25H42N2O3/c1-9-12-13-14-15-25(8)16-21(27(10-2,11-3)26-20(7)28)22-19(6)23(29)17(4)18(5)24(22)30-25/h21H,9-16H2,1-8H3,(H-,26,28,29)/p+1. The Kier molecular flexibility index (Phi) is 7.84. The van der Waals surface area contributed by atoms with Crippen molar-refractivity contribution in [2.45, 2.75) is 106 Å². The zero-order valence-corrected chi connectivity index (χ0v) is 20.4. The molecule has 2 atom stereocenters. The number of hydrogen-bond acceptors (Lipinski definition) is 3. The summed E-state index contributed by atoms with van der Waals surface area (Å²) in [5.74, 6) is 1.23. The number of quaternary nitrogens is 1. The summed E-state index contributed by atoms with van der Waals surface area (Å²) in [5, 5.41) is 10.8. The van der Waals surface area contributed by atoms with Crippen LogP contribution in [-0.2, 0) is 4.79 Å². The summed E-state index contributed by atoms with van der Waals surface area (Å²) in [5.41, 5.74) is 6.78. The topological polar surface area (TPSA) is 58.6 Å². The molecule has 30 heavy (non-hydrogen) atoms. The largest absolute Gasteiger partial charge is 0.507 e. The van der Waals surface area contributed by atoms with E-state index >= 15 is 0 Å². The van der Waals surface area contributed by atoms with Crippen molar-refractivity contribution in [3.8, 4) is 11.5 Å². The molecule has 1 aliphatic heterocycles. The summed E-state index contributed by atoms with van der Waals surface area (Å²) in [6, 6.07) is 0.0361. The second-order valence-corrected chi connectivity index (χ2v) is 9.38. The van der Waals surface area contributed by atoms with Gasteiger partial charge < -0.3 is 9.84 Å². The fraction of sp³-hybridized carbons (Fsp3) is 0.720. The Labute approximate surface area is 183 Å². The number of phenols is 1. The van der Waals surface area contributed by atoms with Crippen molar-refractivity contribution in [2.24, 2.45) is 0 Å². The SMILES string of the molecule is CCCCCCC1(C)CC([N+](CC)(CC)NC(C)=O)c2c(C)c(O)c(C)c(C)c2O1. The molecule has 1 aromatic carbocycles. The van der Waals surface area contributed by atoms with Crippen LogP contribution in [0.5, 0.6) is 11.5 Å². The number of rotatable bonds is 9. The van der Waals surface area contributed by atoms with Crippen molar-refractivity contribution in [3.63, 3.8) is 0 Å². The number of ether oxygens (including phenoxy) is 1. The number of amides is 1. The molecule has 2 N–H and O–H groups in total. The van der Waals surface area contributed by atoms with Gasteiger partial charge in [0.05, 0.1) is 18.7 Å². The summed E-state index contributed by atoms with van der Waals surface area (Å²) in [6.07, 6.45) is 6.63. The maximum absolute atomic E-state index is 12.2. The molecule has 0 spiro atoms. The van der Waals surface area contributed by atoms with Crippen LogP contribution in [0.3, 0.4) is 0 Å². The summed E-state index contributed by atoms with van der Waals surface area (Å²) >= 11 is 0. The lowest BCUT2D eigenvalue weighted by atomic mass is 9.80. The van der Waals surface area contributed by atoms with Gasteiger partial charge in [-0.05, 0) is 65.5 Å². The first-order valence-corrected chi connectivity index (χ1v) is 11.7. The van der Waals surface area contributed by atoms with Crippen LogP contribution in [0.15, 0.2) is 0 Å². The van der Waals surface area contributed by atoms with Crippen LogP contribution >= 0.6 is 0 Å². The molecule has 0 saturated heterocycles. The van der Waals surface area contributed by atoms with Crippen LogP contribution in [-0.4, -0.2) is 34.3 Å². The van der Waals surface area contributed by atoms with E-state index in [4.69, 9.17) is 4.74 Å². The van der Waals surface area contributed by atoms with Crippen molar-refractivity contribution in [3.05, 3.63) is 22.3 Å². The van der Waals surface area contributed by atoms with Gasteiger partial charge in [-0.1, -0.05) is 26.2 Å². The minimum absolute atomic E-state index is 0.0258. The highest BCUT2D eigenvalue weighted by Crippen LogP contribution is 2.52. The monoisotopic (exact) mass is 419 g/mol. The molecule has 2 unspecified atom stereocenters. The van der Waals surface area contributed by atoms with Crippen molar-refractivity contribution < 1.29 is 19.2 Å². The number of fused-ring (bicyclic) bond motifs is 1. The first-order chi connectivity index (χ1) is 14.1. The lowest BCUT2D eigenvalue weighted by Crippen LogP contribution is -2.63. The molecular formula is C25H43N2O3+. The molecule has 1 heterocycles. The van der Waals surface area contributed by atoms with E-state index in [9.17, 15) is 9.90 Å². The third-order valence-electron chi connectivity index (χ3n) is 7.23. The molecule has 2 rings (SSSR count). The lowest BCUT2D eigenvalue weighted by molar-refractivity contribution is -0.987. The molecule has 0 bridgehead atoms. The first-order valence-electron chi connectivity index (χ1n) is 11.7. The van der Waals surface area contributed by atoms with E-state index in [0.717, 1.165) is 60.4 Å². The molecule has 5 nitrogen and oxygen atoms in total. The van der Waals surface area contributed by atoms with Crippen LogP contribution in [0.1, 0.15) is 101 Å². The summed E-state index contributed by atoms with van der Waals surface area (Å²) < 4.78 is 7.20. The molecule has 1 aliphatic rings. The highest BCUT2D eigenvalue weighted by Gasteiger charge is 2.49. The van der Waals surface area contributed by atoms with E-state index in [1.165, 1.54) is 19.3 Å². The van der Waals surface area contributed by atoms with Gasteiger partial charge in [-0.2, -0.15) is 0 Å². The quantitative estimate of drug-likeness (QED) is 0.303. The number of carbonyl (C=O) groups excluding carboxylic acids is 1. The Hall–Kier alpha value is -1.75. The van der Waals surface area contributed by atoms with Gasteiger partial charge in [0, 0.05) is 18.9 Å². The summed E-state index contributed by atoms with van der Waals surface area (Å²) in [4.78, 5) is 12.2. The van der Waals surface area contributed by atoms with Crippen LogP contribution in [0, 0.1) is 20.8 Å². The normalized spacial score (nSPS) is 21.1. The number of benzene rings is 1. The number of carbonyl (C=O) groups is 1. The number of hydrogen-bond donors (Lipinski definition) is 2. The maximum Gasteiger partial charge on any atom is 0.261 e. The van der Waals surface area contributed by atoms with Gasteiger partial charge in [-0.3, -0.25) is 4.79 Å². The van der Waals surface area contributed by atoms with E-state index in [-0.39, 0.29) is 17.6 Å². The van der Waals surface area contributed by atoms with Crippen molar-refractivity contribution in [2.75, 3.05) is 13.1 Å². The van der Waals surface area contributed by atoms with E-state index in [1.807, 2.05) is 20.8 Å². The van der Waals surface area contributed by atoms with Crippen molar-refractivity contribution >= 4 is 5.91 Å². The minimum atomic E-state index is -0.293. The number of nitrogens with zero attached hydrogens (tertiary/aromatic N) is 1. The van der Waals surface area contributed by atoms with Crippen LogP contribution in [0.25, 0.3) is 0 Å². The van der Waals surface area contributed by atoms with Gasteiger partial charge in [0.1, 0.15) is 23.1 Å². The summed E-state index contributed by atoms with van der Waals surface area (Å²) in [6.45, 7) is 17.8. The fourth-order valence-electron chi connectivity index (χ4n) is 5.18. The average molecular weight is 420 g/mol. The first kappa shape index (κ1) is 24.5. The Morgan fingerprint density at radius 3 is 2.27 bits per heavy atom. The van der Waals surface area contributed by atoms with E-state index in [1.54, 1.807) is 6.92 Å². The van der Waals surface area contributed by atoms with Crippen LogP contribution in [0.2, 0.25) is 0 Å². The Morgan fingerprint density at radius 2 is 1.73 bits per heavy atom. The van der Waals surface area contributed by atoms with Crippen molar-refractivity contribution in [1.82, 2.24) is 5.43 Å². The second-order valence-electron chi connectivity index (χ2n) is 9.38. The van der Waals surface area contributed by atoms with E-state index in [0.29, 0.717) is 10.3 Å². The number of nitrogens with one attached hydrogen (secondary N) is 1. The smallest absolute Gasteiger partial charge is 0.261 e. The molecule has 0 aromatic heterocycles. The Balaban J connectivity index is 2.64. The number of aromatic hydroxyl groups is 1. The maximum atomic E-state index is 12.2. The second kappa shape index (κ2) is 9.59. The minimum Gasteiger partial charge on any atom is -0.507 e. The van der Waals surface area contributed by atoms with Gasteiger partial charge in [0.15, 0.2) is 0 Å². The molecular weight excluding hydrogens is 376 g/mol. The third kappa shape index (κ3) is 4.61. The number of unbranched alkanes of at least 4 members (excludes halogenated alkanes) is 3. The predicted molar refractivity (Wildman–Crippen MR) is 123 cm³/mol. The molecule has 0 aliphatic carbocycles. The molecule has 5 heteroatoms. The molecule has 0 radical (unpaired) electrons. The third-order valence-corrected chi connectivity index (χ3v) is 7.23. The zero-order valence-electron chi connectivity index (χ0n) is 20.4. The summed E-state index contributed by atoms with van der Waals surface area (Å²) in [7, 11) is 0. The Morgan fingerprint density at radius 1 is 1.10 bits per heavy atom. The zero-order chi connectivity index (χ0) is 22.7. The fourth-order valence-corrected chi connectivity index (χ4v) is 5.18. The highest BCUT2D eigenvalue weighted by atomic mass is 16.5. The molecule has 170 valence electrons. The lowest BCUT2D eigenvalue weighted by Gasteiger charge is -2.49. The Bertz CT molecular complexity index is 770. The van der Waals surface area contributed by atoms with Gasteiger partial charge in [-0.25, -0.2) is 10.0 Å². The highest BCUT2D eigenvalue weighted by molar-refractivity contribution is 5.71. The molecule has 1 amide bonds.